The summed E-state index contributed by atoms with van der Waals surface area (Å²) < 4.78 is 32.0. The number of carbonyl (C=O) groups is 3. The Kier molecular flexibility index (Phi) is 15.8. The highest BCUT2D eigenvalue weighted by molar-refractivity contribution is 7.88. The number of aryl methyl sites for hydroxylation is 1. The quantitative estimate of drug-likeness (QED) is 0.0811. The van der Waals surface area contributed by atoms with Gasteiger partial charge in [0.2, 0.25) is 10.0 Å². The lowest BCUT2D eigenvalue weighted by Gasteiger charge is -2.31. The number of rotatable bonds is 19. The third-order valence-corrected chi connectivity index (χ3v) is 11.3. The molecule has 3 N–H and O–H groups in total. The first-order chi connectivity index (χ1) is 26.5. The Morgan fingerprint density at radius 3 is 1.91 bits per heavy atom. The number of amides is 2. The number of sulfonamides is 1. The minimum Gasteiger partial charge on any atom is -0.480 e. The summed E-state index contributed by atoms with van der Waals surface area (Å²) in [6, 6.07) is 18.5. The fraction of sp³-hybridized carbons (Fsp3) is 0.511. The SMILES string of the molecule is CCC(Oc1ccc(C(C)(C)CC)cc1C(C)(C)CC)C(=O)Nc1ccc(NC(=O)C(=Nc2ccc(N(CC)CCNS(C)(=O)=O)cc2C)C(=O)C(C)(C)C)cc1. The molecule has 3 aromatic rings. The molecule has 0 bridgehead atoms. The highest BCUT2D eigenvalue weighted by atomic mass is 32.2. The Balaban J connectivity index is 1.80. The topological polar surface area (TPSA) is 146 Å². The molecular formula is C45H65N5O6S. The van der Waals surface area contributed by atoms with Crippen molar-refractivity contribution in [1.29, 1.82) is 0 Å². The van der Waals surface area contributed by atoms with Gasteiger partial charge in [0, 0.05) is 47.7 Å². The molecule has 0 heterocycles. The summed E-state index contributed by atoms with van der Waals surface area (Å²) in [5.74, 6) is -0.662. The first kappa shape index (κ1) is 46.8. The molecule has 0 saturated heterocycles. The number of ether oxygens (including phenoxy) is 1. The first-order valence-corrected chi connectivity index (χ1v) is 21.8. The summed E-state index contributed by atoms with van der Waals surface area (Å²) in [5, 5.41) is 5.77. The number of benzene rings is 3. The number of likely N-dealkylation sites (N-methyl/N-ethyl adjacent to an activating group) is 1. The van der Waals surface area contributed by atoms with Crippen LogP contribution >= 0.6 is 0 Å². The molecule has 1 atom stereocenters. The van der Waals surface area contributed by atoms with Crippen LogP contribution in [0, 0.1) is 12.3 Å². The van der Waals surface area contributed by atoms with E-state index in [2.05, 4.69) is 74.0 Å². The molecule has 0 saturated carbocycles. The number of anilines is 3. The maximum Gasteiger partial charge on any atom is 0.278 e. The summed E-state index contributed by atoms with van der Waals surface area (Å²) in [6.07, 6.45) is 2.75. The van der Waals surface area contributed by atoms with Gasteiger partial charge in [0.25, 0.3) is 11.8 Å². The Bertz CT molecular complexity index is 2030. The third-order valence-electron chi connectivity index (χ3n) is 10.6. The number of hydrogen-bond acceptors (Lipinski definition) is 8. The maximum absolute atomic E-state index is 13.7. The number of aliphatic imine (C=N–C) groups is 1. The van der Waals surface area contributed by atoms with E-state index < -0.39 is 33.2 Å². The van der Waals surface area contributed by atoms with E-state index in [-0.39, 0.29) is 29.0 Å². The van der Waals surface area contributed by atoms with Gasteiger partial charge in [0.05, 0.1) is 11.9 Å². The lowest BCUT2D eigenvalue weighted by atomic mass is 9.76. The second-order valence-electron chi connectivity index (χ2n) is 17.0. The molecule has 0 radical (unpaired) electrons. The molecule has 3 rings (SSSR count). The molecule has 0 aromatic heterocycles. The van der Waals surface area contributed by atoms with Crippen LogP contribution in [0.4, 0.5) is 22.7 Å². The van der Waals surface area contributed by atoms with Crippen LogP contribution in [0.5, 0.6) is 5.75 Å². The van der Waals surface area contributed by atoms with Gasteiger partial charge in [0.15, 0.2) is 17.6 Å². The zero-order valence-electron chi connectivity index (χ0n) is 36.3. The summed E-state index contributed by atoms with van der Waals surface area (Å²) >= 11 is 0. The fourth-order valence-electron chi connectivity index (χ4n) is 5.98. The molecule has 2 amide bonds. The van der Waals surface area contributed by atoms with E-state index in [0.717, 1.165) is 35.9 Å². The van der Waals surface area contributed by atoms with Crippen LogP contribution in [0.2, 0.25) is 0 Å². The molecule has 0 aliphatic rings. The first-order valence-electron chi connectivity index (χ1n) is 19.9. The molecule has 0 fully saturated rings. The number of nitrogens with zero attached hydrogens (tertiary/aromatic N) is 2. The van der Waals surface area contributed by atoms with E-state index >= 15 is 0 Å². The van der Waals surface area contributed by atoms with Gasteiger partial charge in [-0.1, -0.05) is 81.4 Å². The van der Waals surface area contributed by atoms with Crippen molar-refractivity contribution < 1.29 is 27.5 Å². The number of carbonyl (C=O) groups excluding carboxylic acids is 3. The van der Waals surface area contributed by atoms with Crippen molar-refractivity contribution in [2.45, 2.75) is 119 Å². The van der Waals surface area contributed by atoms with Crippen molar-refractivity contribution >= 4 is 56.1 Å². The van der Waals surface area contributed by atoms with Crippen LogP contribution in [0.15, 0.2) is 65.7 Å². The highest BCUT2D eigenvalue weighted by Crippen LogP contribution is 2.39. The van der Waals surface area contributed by atoms with Crippen molar-refractivity contribution in [3.05, 3.63) is 77.4 Å². The normalized spacial score (nSPS) is 13.2. The predicted molar refractivity (Wildman–Crippen MR) is 235 cm³/mol. The van der Waals surface area contributed by atoms with E-state index in [0.29, 0.717) is 42.3 Å². The number of ketones is 1. The van der Waals surface area contributed by atoms with E-state index in [1.165, 1.54) is 5.56 Å². The van der Waals surface area contributed by atoms with Gasteiger partial charge in [-0.25, -0.2) is 18.1 Å². The van der Waals surface area contributed by atoms with Crippen molar-refractivity contribution in [3.63, 3.8) is 0 Å². The molecule has 0 aliphatic heterocycles. The molecule has 0 aliphatic carbocycles. The third kappa shape index (κ3) is 13.0. The second-order valence-corrected chi connectivity index (χ2v) is 18.8. The van der Waals surface area contributed by atoms with Crippen molar-refractivity contribution in [2.24, 2.45) is 10.4 Å². The van der Waals surface area contributed by atoms with E-state index in [4.69, 9.17) is 4.74 Å². The predicted octanol–water partition coefficient (Wildman–Crippen LogP) is 8.87. The number of nitrogens with one attached hydrogen (secondary N) is 3. The van der Waals surface area contributed by atoms with Crippen LogP contribution in [0.3, 0.4) is 0 Å². The molecule has 1 unspecified atom stereocenters. The molecular weight excluding hydrogens is 739 g/mol. The molecule has 57 heavy (non-hydrogen) atoms. The number of hydrogen-bond donors (Lipinski definition) is 3. The van der Waals surface area contributed by atoms with Crippen LogP contribution in [-0.2, 0) is 35.2 Å². The Labute approximate surface area is 341 Å². The second kappa shape index (κ2) is 19.3. The van der Waals surface area contributed by atoms with E-state index in [1.54, 1.807) is 51.1 Å². The van der Waals surface area contributed by atoms with Crippen LogP contribution in [0.1, 0.15) is 112 Å². The van der Waals surface area contributed by atoms with E-state index in [1.807, 2.05) is 43.9 Å². The minimum atomic E-state index is -3.31. The maximum atomic E-state index is 13.7. The Morgan fingerprint density at radius 1 is 0.807 bits per heavy atom. The zero-order valence-corrected chi connectivity index (χ0v) is 37.2. The summed E-state index contributed by atoms with van der Waals surface area (Å²) in [5.41, 5.74) is 4.05. The largest absolute Gasteiger partial charge is 0.480 e. The van der Waals surface area contributed by atoms with Crippen LogP contribution < -0.4 is 25.0 Å². The average Bonchev–Trinajstić information content (AvgIpc) is 3.14. The highest BCUT2D eigenvalue weighted by Gasteiger charge is 2.32. The van der Waals surface area contributed by atoms with Gasteiger partial charge in [-0.05, 0) is 104 Å². The van der Waals surface area contributed by atoms with Gasteiger partial charge in [0.1, 0.15) is 5.75 Å². The standard InChI is InChI=1S/C45H65N5O6S/c1-14-37(56-38-25-18-31(44(9,10)15-2)29-35(38)45(11,12)16-3)41(52)47-32-19-21-33(22-20-32)48-42(53)39(40(51)43(6,7)8)49-36-24-23-34(28-30(36)5)50(17-4)27-26-46-57(13,54)55/h18-25,28-29,37,46H,14-17,26-27H2,1-13H3,(H,47,52)(H,48,53). The van der Waals surface area contributed by atoms with Crippen molar-refractivity contribution in [3.8, 4) is 5.75 Å². The summed E-state index contributed by atoms with van der Waals surface area (Å²) in [4.78, 5) is 47.4. The molecule has 12 heteroatoms. The lowest BCUT2D eigenvalue weighted by Crippen LogP contribution is -2.37. The Hall–Kier alpha value is -4.55. The Morgan fingerprint density at radius 2 is 1.40 bits per heavy atom. The lowest BCUT2D eigenvalue weighted by molar-refractivity contribution is -0.123. The molecule has 0 spiro atoms. The van der Waals surface area contributed by atoms with E-state index in [9.17, 15) is 22.8 Å². The minimum absolute atomic E-state index is 0.00767. The van der Waals surface area contributed by atoms with Crippen LogP contribution in [-0.4, -0.2) is 63.7 Å². The molecule has 11 nitrogen and oxygen atoms in total. The molecule has 3 aromatic carbocycles. The van der Waals surface area contributed by atoms with Gasteiger partial charge in [-0.3, -0.25) is 14.4 Å². The average molecular weight is 804 g/mol. The molecule has 312 valence electrons. The zero-order chi connectivity index (χ0) is 42.9. The number of Topliss-reactive ketones (excluding diaryl/α,β-unsaturated/α-hetero) is 1. The van der Waals surface area contributed by atoms with Gasteiger partial charge in [-0.15, -0.1) is 0 Å². The van der Waals surface area contributed by atoms with Gasteiger partial charge in [-0.2, -0.15) is 0 Å². The monoisotopic (exact) mass is 803 g/mol. The van der Waals surface area contributed by atoms with Gasteiger partial charge < -0.3 is 20.3 Å². The fourth-order valence-corrected chi connectivity index (χ4v) is 6.44. The summed E-state index contributed by atoms with van der Waals surface area (Å²) in [7, 11) is -3.31. The van der Waals surface area contributed by atoms with Crippen LogP contribution in [0.25, 0.3) is 0 Å². The van der Waals surface area contributed by atoms with Crippen molar-refractivity contribution in [1.82, 2.24) is 4.72 Å². The smallest absolute Gasteiger partial charge is 0.278 e. The van der Waals surface area contributed by atoms with Gasteiger partial charge >= 0.3 is 0 Å². The van der Waals surface area contributed by atoms with Crippen molar-refractivity contribution in [2.75, 3.05) is 41.4 Å². The summed E-state index contributed by atoms with van der Waals surface area (Å²) in [6.45, 7) is 25.5.